The molecule has 2 rings (SSSR count). The van der Waals surface area contributed by atoms with Crippen molar-refractivity contribution in [1.29, 1.82) is 0 Å². The van der Waals surface area contributed by atoms with Gasteiger partial charge in [0, 0.05) is 38.9 Å². The fourth-order valence-corrected chi connectivity index (χ4v) is 2.60. The minimum absolute atomic E-state index is 0.225. The van der Waals surface area contributed by atoms with Crippen LogP contribution >= 0.6 is 0 Å². The number of ketones is 1. The van der Waals surface area contributed by atoms with E-state index in [4.69, 9.17) is 0 Å². The topological polar surface area (TPSA) is 40.6 Å². The van der Waals surface area contributed by atoms with Gasteiger partial charge in [0.05, 0.1) is 0 Å². The zero-order valence-corrected chi connectivity index (χ0v) is 10.5. The van der Waals surface area contributed by atoms with Gasteiger partial charge in [-0.05, 0) is 25.9 Å². The Morgan fingerprint density at radius 2 is 1.65 bits per heavy atom. The average Bonchev–Trinajstić information content (AvgIpc) is 2.38. The molecule has 1 amide bonds. The molecule has 0 aromatic carbocycles. The van der Waals surface area contributed by atoms with E-state index in [0.29, 0.717) is 38.1 Å². The summed E-state index contributed by atoms with van der Waals surface area (Å²) in [6.45, 7) is 4.45. The molecule has 0 radical (unpaired) electrons. The SMILES string of the molecule is O=C1CCN(C(=O)CCN2CCCCC2)CC1. The fraction of sp³-hybridized carbons (Fsp3) is 0.846. The first-order chi connectivity index (χ1) is 8.25. The summed E-state index contributed by atoms with van der Waals surface area (Å²) in [7, 11) is 0. The second kappa shape index (κ2) is 6.15. The molecule has 0 aromatic rings. The van der Waals surface area contributed by atoms with Crippen LogP contribution in [-0.2, 0) is 9.59 Å². The maximum Gasteiger partial charge on any atom is 0.223 e. The molecule has 0 spiro atoms. The molecule has 0 bridgehead atoms. The number of piperidine rings is 2. The Balaban J connectivity index is 1.67. The standard InChI is InChI=1S/C13H22N2O2/c16-12-4-10-15(11-5-12)13(17)6-9-14-7-2-1-3-8-14/h1-11H2. The molecule has 0 N–H and O–H groups in total. The van der Waals surface area contributed by atoms with Crippen molar-refractivity contribution in [3.05, 3.63) is 0 Å². The van der Waals surface area contributed by atoms with Crippen LogP contribution in [0.5, 0.6) is 0 Å². The van der Waals surface area contributed by atoms with Gasteiger partial charge in [0.25, 0.3) is 0 Å². The molecule has 17 heavy (non-hydrogen) atoms. The van der Waals surface area contributed by atoms with E-state index in [0.717, 1.165) is 19.6 Å². The van der Waals surface area contributed by atoms with Crippen LogP contribution in [0, 0.1) is 0 Å². The fourth-order valence-electron chi connectivity index (χ4n) is 2.60. The third-order valence-electron chi connectivity index (χ3n) is 3.76. The van der Waals surface area contributed by atoms with Crippen molar-refractivity contribution < 1.29 is 9.59 Å². The van der Waals surface area contributed by atoms with Crippen LogP contribution in [-0.4, -0.2) is 54.2 Å². The van der Waals surface area contributed by atoms with Crippen LogP contribution in [0.3, 0.4) is 0 Å². The Bertz CT molecular complexity index is 275. The summed E-state index contributed by atoms with van der Waals surface area (Å²) >= 11 is 0. The van der Waals surface area contributed by atoms with Gasteiger partial charge in [0.15, 0.2) is 0 Å². The highest BCUT2D eigenvalue weighted by Crippen LogP contribution is 2.11. The maximum absolute atomic E-state index is 11.9. The summed E-state index contributed by atoms with van der Waals surface area (Å²) in [6, 6.07) is 0. The van der Waals surface area contributed by atoms with Crippen LogP contribution in [0.25, 0.3) is 0 Å². The molecule has 0 aliphatic carbocycles. The van der Waals surface area contributed by atoms with Gasteiger partial charge < -0.3 is 9.80 Å². The van der Waals surface area contributed by atoms with Gasteiger partial charge in [-0.2, -0.15) is 0 Å². The van der Waals surface area contributed by atoms with Crippen LogP contribution in [0.4, 0.5) is 0 Å². The van der Waals surface area contributed by atoms with Crippen molar-refractivity contribution in [2.24, 2.45) is 0 Å². The normalized spacial score (nSPS) is 22.8. The number of hydrogen-bond donors (Lipinski definition) is 0. The number of Topliss-reactive ketones (excluding diaryl/α,β-unsaturated/α-hetero) is 1. The Labute approximate surface area is 103 Å². The molecule has 2 saturated heterocycles. The van der Waals surface area contributed by atoms with Crippen molar-refractivity contribution in [2.75, 3.05) is 32.7 Å². The highest BCUT2D eigenvalue weighted by atomic mass is 16.2. The van der Waals surface area contributed by atoms with Crippen molar-refractivity contribution in [2.45, 2.75) is 38.5 Å². The lowest BCUT2D eigenvalue weighted by molar-refractivity contribution is -0.134. The molecule has 2 heterocycles. The molecular formula is C13H22N2O2. The Morgan fingerprint density at radius 3 is 2.29 bits per heavy atom. The van der Waals surface area contributed by atoms with Crippen molar-refractivity contribution in [3.63, 3.8) is 0 Å². The number of amides is 1. The predicted molar refractivity (Wildman–Crippen MR) is 65.7 cm³/mol. The first-order valence-electron chi connectivity index (χ1n) is 6.77. The number of hydrogen-bond acceptors (Lipinski definition) is 3. The van der Waals surface area contributed by atoms with E-state index >= 15 is 0 Å². The van der Waals surface area contributed by atoms with Gasteiger partial charge in [0.2, 0.25) is 5.91 Å². The number of rotatable bonds is 3. The van der Waals surface area contributed by atoms with E-state index in [1.807, 2.05) is 4.90 Å². The number of likely N-dealkylation sites (tertiary alicyclic amines) is 2. The van der Waals surface area contributed by atoms with Gasteiger partial charge >= 0.3 is 0 Å². The monoisotopic (exact) mass is 238 g/mol. The summed E-state index contributed by atoms with van der Waals surface area (Å²) in [4.78, 5) is 27.3. The van der Waals surface area contributed by atoms with E-state index in [-0.39, 0.29) is 5.91 Å². The third kappa shape index (κ3) is 3.80. The summed E-state index contributed by atoms with van der Waals surface area (Å²) in [5.41, 5.74) is 0. The van der Waals surface area contributed by atoms with E-state index in [2.05, 4.69) is 4.90 Å². The predicted octanol–water partition coefficient (Wildman–Crippen LogP) is 1.05. The number of carbonyl (C=O) groups is 2. The molecule has 2 aliphatic heterocycles. The minimum Gasteiger partial charge on any atom is -0.342 e. The second-order valence-corrected chi connectivity index (χ2v) is 5.07. The first-order valence-corrected chi connectivity index (χ1v) is 6.77. The summed E-state index contributed by atoms with van der Waals surface area (Å²) in [6.07, 6.45) is 5.59. The number of nitrogens with zero attached hydrogens (tertiary/aromatic N) is 2. The summed E-state index contributed by atoms with van der Waals surface area (Å²) < 4.78 is 0. The van der Waals surface area contributed by atoms with Gasteiger partial charge in [-0.3, -0.25) is 9.59 Å². The molecule has 4 nitrogen and oxygen atoms in total. The molecule has 2 aliphatic rings. The molecule has 0 atom stereocenters. The van der Waals surface area contributed by atoms with Gasteiger partial charge in [0.1, 0.15) is 5.78 Å². The average molecular weight is 238 g/mol. The van der Waals surface area contributed by atoms with Crippen molar-refractivity contribution >= 4 is 11.7 Å². The maximum atomic E-state index is 11.9. The van der Waals surface area contributed by atoms with Crippen molar-refractivity contribution in [3.8, 4) is 0 Å². The van der Waals surface area contributed by atoms with E-state index in [1.165, 1.54) is 19.3 Å². The minimum atomic E-state index is 0.225. The van der Waals surface area contributed by atoms with Crippen LogP contribution in [0.2, 0.25) is 0 Å². The van der Waals surface area contributed by atoms with Gasteiger partial charge in [-0.15, -0.1) is 0 Å². The van der Waals surface area contributed by atoms with E-state index < -0.39 is 0 Å². The van der Waals surface area contributed by atoms with Crippen LogP contribution in [0.15, 0.2) is 0 Å². The zero-order valence-electron chi connectivity index (χ0n) is 10.5. The van der Waals surface area contributed by atoms with E-state index in [9.17, 15) is 9.59 Å². The lowest BCUT2D eigenvalue weighted by atomic mass is 10.1. The smallest absolute Gasteiger partial charge is 0.223 e. The molecular weight excluding hydrogens is 216 g/mol. The molecule has 96 valence electrons. The Kier molecular flexibility index (Phi) is 4.54. The summed E-state index contributed by atoms with van der Waals surface area (Å²) in [5, 5.41) is 0. The quantitative estimate of drug-likeness (QED) is 0.738. The lowest BCUT2D eigenvalue weighted by Gasteiger charge is -2.29. The molecule has 0 aromatic heterocycles. The summed E-state index contributed by atoms with van der Waals surface area (Å²) in [5.74, 6) is 0.521. The largest absolute Gasteiger partial charge is 0.342 e. The molecule has 4 heteroatoms. The van der Waals surface area contributed by atoms with Crippen molar-refractivity contribution in [1.82, 2.24) is 9.80 Å². The first kappa shape index (κ1) is 12.6. The zero-order chi connectivity index (χ0) is 12.1. The Hall–Kier alpha value is -0.900. The van der Waals surface area contributed by atoms with Gasteiger partial charge in [-0.25, -0.2) is 0 Å². The molecule has 0 saturated carbocycles. The Morgan fingerprint density at radius 1 is 1.00 bits per heavy atom. The highest BCUT2D eigenvalue weighted by molar-refractivity contribution is 5.83. The molecule has 2 fully saturated rings. The van der Waals surface area contributed by atoms with Crippen LogP contribution in [0.1, 0.15) is 38.5 Å². The second-order valence-electron chi connectivity index (χ2n) is 5.07. The lowest BCUT2D eigenvalue weighted by Crippen LogP contribution is -2.40. The number of carbonyl (C=O) groups excluding carboxylic acids is 2. The van der Waals surface area contributed by atoms with E-state index in [1.54, 1.807) is 0 Å². The van der Waals surface area contributed by atoms with Crippen LogP contribution < -0.4 is 0 Å². The van der Waals surface area contributed by atoms with Gasteiger partial charge in [-0.1, -0.05) is 6.42 Å². The molecule has 0 unspecified atom stereocenters. The highest BCUT2D eigenvalue weighted by Gasteiger charge is 2.21. The third-order valence-corrected chi connectivity index (χ3v) is 3.76.